The van der Waals surface area contributed by atoms with Gasteiger partial charge in [-0.2, -0.15) is 0 Å². The normalized spacial score (nSPS) is 15.2. The Labute approximate surface area is 54.2 Å². The minimum Gasteiger partial charge on any atom is -0.328 e. The zero-order valence-electron chi connectivity index (χ0n) is 5.21. The minimum absolute atomic E-state index is 0.0928. The molecule has 0 heterocycles. The number of hydrogen-bond donors (Lipinski definition) is 1. The molecule has 2 N–H and O–H groups in total. The van der Waals surface area contributed by atoms with Gasteiger partial charge in [0.2, 0.25) is 6.16 Å². The highest BCUT2D eigenvalue weighted by atomic mass is 31.1. The summed E-state index contributed by atoms with van der Waals surface area (Å²) in [4.78, 5) is 0. The van der Waals surface area contributed by atoms with Crippen molar-refractivity contribution in [1.82, 2.24) is 0 Å². The van der Waals surface area contributed by atoms with Crippen LogP contribution in [0.15, 0.2) is 0 Å². The Morgan fingerprint density at radius 1 is 1.89 bits per heavy atom. The van der Waals surface area contributed by atoms with Gasteiger partial charge in [0.15, 0.2) is 6.17 Å². The highest BCUT2D eigenvalue weighted by molar-refractivity contribution is 7.39. The van der Waals surface area contributed by atoms with Gasteiger partial charge in [0.1, 0.15) is 0 Å². The van der Waals surface area contributed by atoms with E-state index in [1.54, 1.807) is 0 Å². The van der Waals surface area contributed by atoms with Gasteiger partial charge < -0.3 is 5.73 Å². The van der Waals surface area contributed by atoms with Crippen LogP contribution in [0.1, 0.15) is 0 Å². The number of alkyl halides is 1. The van der Waals surface area contributed by atoms with Crippen molar-refractivity contribution in [1.29, 1.82) is 0 Å². The quantitative estimate of drug-likeness (QED) is 0.605. The predicted molar refractivity (Wildman–Crippen MR) is 33.4 cm³/mol. The second-order valence-corrected chi connectivity index (χ2v) is 2.93. The zero-order chi connectivity index (χ0) is 7.28. The monoisotopic (exact) mass is 154 g/mol. The Kier molecular flexibility index (Phi) is 4.77. The average molecular weight is 154 g/mol. The molecule has 0 aromatic rings. The third kappa shape index (κ3) is 4.45. The van der Waals surface area contributed by atoms with Crippen LogP contribution >= 0.6 is 8.03 Å². The van der Waals surface area contributed by atoms with Gasteiger partial charge in [-0.05, 0) is 4.57 Å². The molecule has 0 aliphatic carbocycles. The Hall–Kier alpha value is -0.0500. The molecule has 0 aliphatic heterocycles. The molecule has 0 bridgehead atoms. The van der Waals surface area contributed by atoms with Crippen LogP contribution in [0.4, 0.5) is 4.39 Å². The lowest BCUT2D eigenvalue weighted by Gasteiger charge is -1.91. The molecule has 0 aromatic heterocycles. The second kappa shape index (κ2) is 4.79. The van der Waals surface area contributed by atoms with E-state index in [0.717, 1.165) is 0 Å². The molecule has 0 fully saturated rings. The van der Waals surface area contributed by atoms with Crippen LogP contribution in [0.3, 0.4) is 0 Å². The van der Waals surface area contributed by atoms with Crippen molar-refractivity contribution in [2.45, 2.75) is 6.17 Å². The summed E-state index contributed by atoms with van der Waals surface area (Å²) in [6.45, 7) is -0.0928. The minimum atomic E-state index is -1.83. The largest absolute Gasteiger partial charge is 0.510 e. The van der Waals surface area contributed by atoms with Gasteiger partial charge in [0, 0.05) is 6.54 Å². The lowest BCUT2D eigenvalue weighted by Crippen LogP contribution is -2.17. The summed E-state index contributed by atoms with van der Waals surface area (Å²) in [5.41, 5.74) is 4.92. The highest BCUT2D eigenvalue weighted by Gasteiger charge is 2.21. The number of rotatable bonds is 4. The molecule has 0 amide bonds. The Bertz CT molecular complexity index is 101. The average Bonchev–Trinajstić information content (AvgIpc) is 1.87. The summed E-state index contributed by atoms with van der Waals surface area (Å²) in [5, 5.41) is 0. The van der Waals surface area contributed by atoms with Gasteiger partial charge in [0.25, 0.3) is 0 Å². The van der Waals surface area contributed by atoms with Crippen LogP contribution in [0.25, 0.3) is 0 Å². The van der Waals surface area contributed by atoms with E-state index in [2.05, 4.69) is 4.52 Å². The van der Waals surface area contributed by atoms with E-state index < -0.39 is 14.2 Å². The first kappa shape index (κ1) is 8.95. The van der Waals surface area contributed by atoms with Gasteiger partial charge >= 0.3 is 8.03 Å². The van der Waals surface area contributed by atoms with Crippen LogP contribution in [-0.4, -0.2) is 26.0 Å². The van der Waals surface area contributed by atoms with Crippen LogP contribution in [0.5, 0.6) is 0 Å². The maximum Gasteiger partial charge on any atom is 0.510 e. The lowest BCUT2D eigenvalue weighted by molar-refractivity contribution is 0.351. The van der Waals surface area contributed by atoms with Gasteiger partial charge in [-0.3, -0.25) is 0 Å². The molecule has 9 heavy (non-hydrogen) atoms. The van der Waals surface area contributed by atoms with Crippen molar-refractivity contribution in [2.75, 3.05) is 19.8 Å². The highest BCUT2D eigenvalue weighted by Crippen LogP contribution is 2.21. The molecule has 54 valence electrons. The van der Waals surface area contributed by atoms with Crippen molar-refractivity contribution in [3.05, 3.63) is 0 Å². The summed E-state index contributed by atoms with van der Waals surface area (Å²) >= 11 is 0. The molecular formula is C4H10FNO2P+. The molecule has 3 nitrogen and oxygen atoms in total. The number of halogens is 1. The van der Waals surface area contributed by atoms with Crippen LogP contribution in [0.2, 0.25) is 0 Å². The maximum absolute atomic E-state index is 12.2. The van der Waals surface area contributed by atoms with E-state index in [1.807, 2.05) is 0 Å². The van der Waals surface area contributed by atoms with Gasteiger partial charge in [-0.25, -0.2) is 4.39 Å². The Morgan fingerprint density at radius 2 is 2.44 bits per heavy atom. The summed E-state index contributed by atoms with van der Waals surface area (Å²) < 4.78 is 26.9. The van der Waals surface area contributed by atoms with Crippen molar-refractivity contribution in [3.63, 3.8) is 0 Å². The van der Waals surface area contributed by atoms with Crippen molar-refractivity contribution < 1.29 is 13.5 Å². The Balaban J connectivity index is 3.34. The SMILES string of the molecule is CO[P+](=O)CC(F)CN. The molecule has 0 aliphatic rings. The van der Waals surface area contributed by atoms with E-state index in [1.165, 1.54) is 7.11 Å². The zero-order valence-corrected chi connectivity index (χ0v) is 6.11. The molecule has 0 spiro atoms. The van der Waals surface area contributed by atoms with Crippen molar-refractivity contribution in [3.8, 4) is 0 Å². The standard InChI is InChI=1S/C4H10FNO2P/c1-8-9(7)3-4(5)2-6/h4H,2-3,6H2,1H3/q+1. The summed E-state index contributed by atoms with van der Waals surface area (Å²) in [5.74, 6) is 0. The number of nitrogens with two attached hydrogens (primary N) is 1. The smallest absolute Gasteiger partial charge is 0.328 e. The van der Waals surface area contributed by atoms with Gasteiger partial charge in [-0.15, -0.1) is 4.52 Å². The third-order valence-electron chi connectivity index (χ3n) is 0.807. The fourth-order valence-electron chi connectivity index (χ4n) is 0.311. The second-order valence-electron chi connectivity index (χ2n) is 1.53. The molecule has 0 aromatic carbocycles. The van der Waals surface area contributed by atoms with Crippen LogP contribution in [-0.2, 0) is 9.09 Å². The van der Waals surface area contributed by atoms with Gasteiger partial charge in [-0.1, -0.05) is 0 Å². The predicted octanol–water partition coefficient (Wildman–Crippen LogP) is 0.672. The molecule has 2 unspecified atom stereocenters. The molecule has 2 atom stereocenters. The Morgan fingerprint density at radius 3 is 2.78 bits per heavy atom. The summed E-state index contributed by atoms with van der Waals surface area (Å²) in [6.07, 6.45) is -1.30. The number of hydrogen-bond acceptors (Lipinski definition) is 3. The summed E-state index contributed by atoms with van der Waals surface area (Å²) in [6, 6.07) is 0. The van der Waals surface area contributed by atoms with Crippen molar-refractivity contribution in [2.24, 2.45) is 5.73 Å². The fourth-order valence-corrected chi connectivity index (χ4v) is 0.932. The first-order valence-electron chi connectivity index (χ1n) is 2.53. The van der Waals surface area contributed by atoms with E-state index in [0.29, 0.717) is 0 Å². The molecule has 0 radical (unpaired) electrons. The van der Waals surface area contributed by atoms with Crippen LogP contribution < -0.4 is 5.73 Å². The fraction of sp³-hybridized carbons (Fsp3) is 1.00. The van der Waals surface area contributed by atoms with E-state index in [-0.39, 0.29) is 12.7 Å². The summed E-state index contributed by atoms with van der Waals surface area (Å²) in [7, 11) is -0.549. The topological polar surface area (TPSA) is 52.3 Å². The molecule has 5 heteroatoms. The van der Waals surface area contributed by atoms with Gasteiger partial charge in [0.05, 0.1) is 7.11 Å². The van der Waals surface area contributed by atoms with E-state index >= 15 is 0 Å². The first-order valence-corrected chi connectivity index (χ1v) is 3.90. The maximum atomic E-state index is 12.2. The molecular weight excluding hydrogens is 144 g/mol. The van der Waals surface area contributed by atoms with E-state index in [9.17, 15) is 8.96 Å². The molecule has 0 saturated carbocycles. The molecule has 0 saturated heterocycles. The first-order chi connectivity index (χ1) is 4.20. The van der Waals surface area contributed by atoms with Crippen LogP contribution in [0, 0.1) is 0 Å². The lowest BCUT2D eigenvalue weighted by atomic mass is 10.5. The van der Waals surface area contributed by atoms with Crippen molar-refractivity contribution >= 4 is 8.03 Å². The molecule has 0 rings (SSSR count). The van der Waals surface area contributed by atoms with E-state index in [4.69, 9.17) is 5.73 Å². The third-order valence-corrected chi connectivity index (χ3v) is 1.91.